The van der Waals surface area contributed by atoms with Crippen LogP contribution in [0.2, 0.25) is 0 Å². The minimum Gasteiger partial charge on any atom is -0.464 e. The molecule has 102 valence electrons. The first-order chi connectivity index (χ1) is 8.33. The van der Waals surface area contributed by atoms with Crippen molar-refractivity contribution in [3.05, 3.63) is 0 Å². The summed E-state index contributed by atoms with van der Waals surface area (Å²) in [6.45, 7) is 7.58. The number of piperidine rings is 1. The van der Waals surface area contributed by atoms with Gasteiger partial charge >= 0.3 is 12.1 Å². The molecule has 1 aliphatic carbocycles. The Morgan fingerprint density at radius 2 is 1.94 bits per heavy atom. The highest BCUT2D eigenvalue weighted by molar-refractivity contribution is 5.83. The largest absolute Gasteiger partial charge is 0.464 e. The fourth-order valence-electron chi connectivity index (χ4n) is 2.48. The van der Waals surface area contributed by atoms with Crippen molar-refractivity contribution < 1.29 is 19.1 Å². The van der Waals surface area contributed by atoms with Gasteiger partial charge in [-0.15, -0.1) is 0 Å². The normalized spacial score (nSPS) is 29.8. The average molecular weight is 255 g/mol. The zero-order valence-electron chi connectivity index (χ0n) is 11.4. The van der Waals surface area contributed by atoms with Gasteiger partial charge in [-0.3, -0.25) is 4.90 Å². The lowest BCUT2D eigenvalue weighted by atomic mass is 10.1. The van der Waals surface area contributed by atoms with E-state index in [0.29, 0.717) is 18.9 Å². The van der Waals surface area contributed by atoms with Crippen molar-refractivity contribution in [3.63, 3.8) is 0 Å². The van der Waals surface area contributed by atoms with Crippen molar-refractivity contribution in [1.29, 1.82) is 0 Å². The van der Waals surface area contributed by atoms with Gasteiger partial charge in [-0.2, -0.15) is 0 Å². The SMILES string of the molecule is CCOC(=O)[C@@H]1C[C@H]2C[C@@H]2N1C(=O)OC(C)(C)C. The maximum Gasteiger partial charge on any atom is 0.411 e. The van der Waals surface area contributed by atoms with Crippen LogP contribution in [0.5, 0.6) is 0 Å². The number of nitrogens with zero attached hydrogens (tertiary/aromatic N) is 1. The second-order valence-electron chi connectivity index (χ2n) is 5.95. The first-order valence-corrected chi connectivity index (χ1v) is 6.51. The number of hydrogen-bond acceptors (Lipinski definition) is 4. The average Bonchev–Trinajstić information content (AvgIpc) is 2.86. The van der Waals surface area contributed by atoms with E-state index in [0.717, 1.165) is 6.42 Å². The summed E-state index contributed by atoms with van der Waals surface area (Å²) < 4.78 is 10.4. The fraction of sp³-hybridized carbons (Fsp3) is 0.846. The third-order valence-electron chi connectivity index (χ3n) is 3.27. The van der Waals surface area contributed by atoms with Crippen molar-refractivity contribution in [1.82, 2.24) is 4.90 Å². The molecule has 2 rings (SSSR count). The maximum absolute atomic E-state index is 12.1. The van der Waals surface area contributed by atoms with Crippen LogP contribution in [0.3, 0.4) is 0 Å². The lowest BCUT2D eigenvalue weighted by Gasteiger charge is -2.29. The molecule has 18 heavy (non-hydrogen) atoms. The second-order valence-corrected chi connectivity index (χ2v) is 5.95. The Morgan fingerprint density at radius 1 is 1.28 bits per heavy atom. The van der Waals surface area contributed by atoms with Crippen LogP contribution in [-0.2, 0) is 14.3 Å². The molecule has 1 saturated heterocycles. The summed E-state index contributed by atoms with van der Waals surface area (Å²) in [6, 6.07) is -0.280. The van der Waals surface area contributed by atoms with Crippen LogP contribution < -0.4 is 0 Å². The van der Waals surface area contributed by atoms with Crippen LogP contribution >= 0.6 is 0 Å². The summed E-state index contributed by atoms with van der Waals surface area (Å²) >= 11 is 0. The lowest BCUT2D eigenvalue weighted by Crippen LogP contribution is -2.46. The van der Waals surface area contributed by atoms with E-state index in [-0.39, 0.29) is 12.0 Å². The predicted octanol–water partition coefficient (Wildman–Crippen LogP) is 1.95. The van der Waals surface area contributed by atoms with E-state index in [2.05, 4.69) is 0 Å². The van der Waals surface area contributed by atoms with Gasteiger partial charge in [0.2, 0.25) is 0 Å². The van der Waals surface area contributed by atoms with Gasteiger partial charge in [-0.25, -0.2) is 9.59 Å². The lowest BCUT2D eigenvalue weighted by molar-refractivity contribution is -0.148. The molecule has 0 aromatic rings. The molecule has 2 aliphatic rings. The van der Waals surface area contributed by atoms with Crippen LogP contribution in [0.25, 0.3) is 0 Å². The molecule has 0 aromatic carbocycles. The summed E-state index contributed by atoms with van der Waals surface area (Å²) in [7, 11) is 0. The fourth-order valence-corrected chi connectivity index (χ4v) is 2.48. The Kier molecular flexibility index (Phi) is 3.25. The molecule has 0 N–H and O–H groups in total. The molecule has 1 aliphatic heterocycles. The smallest absolute Gasteiger partial charge is 0.411 e. The molecule has 5 heteroatoms. The zero-order chi connectivity index (χ0) is 13.5. The minimum atomic E-state index is -0.538. The van der Waals surface area contributed by atoms with Crippen molar-refractivity contribution >= 4 is 12.1 Å². The number of amides is 1. The van der Waals surface area contributed by atoms with E-state index in [9.17, 15) is 9.59 Å². The van der Waals surface area contributed by atoms with Gasteiger partial charge in [0.05, 0.1) is 6.61 Å². The van der Waals surface area contributed by atoms with Crippen LogP contribution in [0.1, 0.15) is 40.5 Å². The monoisotopic (exact) mass is 255 g/mol. The number of rotatable bonds is 2. The summed E-state index contributed by atoms with van der Waals surface area (Å²) in [5.41, 5.74) is -0.538. The highest BCUT2D eigenvalue weighted by Gasteiger charge is 2.57. The first-order valence-electron chi connectivity index (χ1n) is 6.51. The Morgan fingerprint density at radius 3 is 2.50 bits per heavy atom. The van der Waals surface area contributed by atoms with Crippen molar-refractivity contribution in [2.75, 3.05) is 6.61 Å². The molecule has 0 aromatic heterocycles. The molecule has 5 nitrogen and oxygen atoms in total. The summed E-state index contributed by atoms with van der Waals surface area (Å²) in [5.74, 6) is 0.141. The van der Waals surface area contributed by atoms with Crippen molar-refractivity contribution in [2.24, 2.45) is 5.92 Å². The third-order valence-corrected chi connectivity index (χ3v) is 3.27. The van der Waals surface area contributed by atoms with E-state index >= 15 is 0 Å². The van der Waals surface area contributed by atoms with Gasteiger partial charge in [0.25, 0.3) is 0 Å². The number of fused-ring (bicyclic) bond motifs is 1. The van der Waals surface area contributed by atoms with Crippen LogP contribution in [-0.4, -0.2) is 41.3 Å². The Bertz CT molecular complexity index is 360. The number of carbonyl (C=O) groups excluding carboxylic acids is 2. The van der Waals surface area contributed by atoms with Gasteiger partial charge in [0.1, 0.15) is 11.6 Å². The van der Waals surface area contributed by atoms with Crippen LogP contribution in [0.4, 0.5) is 4.79 Å². The van der Waals surface area contributed by atoms with Crippen molar-refractivity contribution in [2.45, 2.75) is 58.2 Å². The topological polar surface area (TPSA) is 55.8 Å². The molecule has 3 atom stereocenters. The first kappa shape index (κ1) is 13.2. The van der Waals surface area contributed by atoms with Crippen LogP contribution in [0.15, 0.2) is 0 Å². The molecular weight excluding hydrogens is 234 g/mol. The molecule has 0 radical (unpaired) electrons. The van der Waals surface area contributed by atoms with Gasteiger partial charge in [-0.05, 0) is 46.5 Å². The quantitative estimate of drug-likeness (QED) is 0.708. The molecule has 1 amide bonds. The highest BCUT2D eigenvalue weighted by Crippen LogP contribution is 2.48. The molecule has 0 spiro atoms. The zero-order valence-corrected chi connectivity index (χ0v) is 11.4. The minimum absolute atomic E-state index is 0.175. The van der Waals surface area contributed by atoms with E-state index in [1.54, 1.807) is 11.8 Å². The summed E-state index contributed by atoms with van der Waals surface area (Å²) in [4.78, 5) is 25.5. The molecule has 0 unspecified atom stereocenters. The van der Waals surface area contributed by atoms with Gasteiger partial charge in [0, 0.05) is 6.04 Å². The van der Waals surface area contributed by atoms with E-state index < -0.39 is 17.7 Å². The number of carbonyl (C=O) groups is 2. The van der Waals surface area contributed by atoms with Gasteiger partial charge in [-0.1, -0.05) is 0 Å². The Labute approximate surface area is 107 Å². The molecule has 1 heterocycles. The van der Waals surface area contributed by atoms with E-state index in [1.165, 1.54) is 0 Å². The Balaban J connectivity index is 2.04. The van der Waals surface area contributed by atoms with E-state index in [1.807, 2.05) is 20.8 Å². The Hall–Kier alpha value is -1.26. The number of hydrogen-bond donors (Lipinski definition) is 0. The molecular formula is C13H21NO4. The van der Waals surface area contributed by atoms with Crippen LogP contribution in [0, 0.1) is 5.92 Å². The van der Waals surface area contributed by atoms with Crippen molar-refractivity contribution in [3.8, 4) is 0 Å². The van der Waals surface area contributed by atoms with Gasteiger partial charge < -0.3 is 9.47 Å². The second kappa shape index (κ2) is 4.44. The number of esters is 1. The third kappa shape index (κ3) is 2.60. The standard InChI is InChI=1S/C13H21NO4/c1-5-17-11(15)10-7-8-6-9(8)14(10)12(16)18-13(2,3)4/h8-10H,5-7H2,1-4H3/t8-,9+,10+/m1/s1. The molecule has 2 fully saturated rings. The summed E-state index contributed by atoms with van der Waals surface area (Å²) in [6.07, 6.45) is 1.29. The predicted molar refractivity (Wildman–Crippen MR) is 65.0 cm³/mol. The number of ether oxygens (including phenoxy) is 2. The number of likely N-dealkylation sites (tertiary alicyclic amines) is 1. The summed E-state index contributed by atoms with van der Waals surface area (Å²) in [5, 5.41) is 0. The molecule has 1 saturated carbocycles. The highest BCUT2D eigenvalue weighted by atomic mass is 16.6. The van der Waals surface area contributed by atoms with E-state index in [4.69, 9.17) is 9.47 Å². The van der Waals surface area contributed by atoms with Gasteiger partial charge in [0.15, 0.2) is 0 Å². The maximum atomic E-state index is 12.1. The molecule has 0 bridgehead atoms.